The number of hydrogen-bond acceptors (Lipinski definition) is 2. The van der Waals surface area contributed by atoms with Crippen LogP contribution in [-0.2, 0) is 4.79 Å². The van der Waals surface area contributed by atoms with Crippen molar-refractivity contribution in [3.8, 4) is 0 Å². The van der Waals surface area contributed by atoms with E-state index < -0.39 is 23.7 Å². The number of carbonyl (C=O) groups excluding carboxylic acids is 1. The van der Waals surface area contributed by atoms with E-state index in [1.54, 1.807) is 0 Å². The van der Waals surface area contributed by atoms with Crippen LogP contribution in [0, 0.1) is 5.82 Å². The monoisotopic (exact) mass is 259 g/mol. The zero-order chi connectivity index (χ0) is 13.0. The average Bonchev–Trinajstić information content (AvgIpc) is 2.15. The molecule has 0 saturated carbocycles. The molecule has 1 amide bonds. The molecule has 0 aromatic heterocycles. The van der Waals surface area contributed by atoms with E-state index in [0.29, 0.717) is 0 Å². The normalized spacial score (nSPS) is 11.9. The van der Waals surface area contributed by atoms with Gasteiger partial charge in [0.1, 0.15) is 5.82 Å². The number of halogens is 2. The van der Waals surface area contributed by atoms with Crippen molar-refractivity contribution in [1.29, 1.82) is 0 Å². The lowest BCUT2D eigenvalue weighted by Gasteiger charge is -2.12. The molecule has 92 valence electrons. The zero-order valence-electron chi connectivity index (χ0n) is 9.04. The predicted octanol–water partition coefficient (Wildman–Crippen LogP) is 2.07. The standard InChI is InChI=1S/C11H11ClFNO3/c1-6(5-9(15)16)14-11(17)10-7(12)3-2-4-8(10)13/h2-4,6H,5H2,1H3,(H,14,17)(H,15,16). The van der Waals surface area contributed by atoms with Gasteiger partial charge < -0.3 is 10.4 Å². The van der Waals surface area contributed by atoms with E-state index in [1.807, 2.05) is 0 Å². The average molecular weight is 260 g/mol. The minimum Gasteiger partial charge on any atom is -0.481 e. The van der Waals surface area contributed by atoms with Crippen molar-refractivity contribution < 1.29 is 19.1 Å². The van der Waals surface area contributed by atoms with Gasteiger partial charge in [0, 0.05) is 6.04 Å². The highest BCUT2D eigenvalue weighted by Gasteiger charge is 2.18. The van der Waals surface area contributed by atoms with E-state index in [2.05, 4.69) is 5.32 Å². The van der Waals surface area contributed by atoms with Crippen molar-refractivity contribution in [2.45, 2.75) is 19.4 Å². The van der Waals surface area contributed by atoms with Crippen LogP contribution in [0.15, 0.2) is 18.2 Å². The van der Waals surface area contributed by atoms with Crippen molar-refractivity contribution in [3.05, 3.63) is 34.6 Å². The first-order valence-electron chi connectivity index (χ1n) is 4.88. The maximum Gasteiger partial charge on any atom is 0.305 e. The van der Waals surface area contributed by atoms with Gasteiger partial charge in [-0.05, 0) is 19.1 Å². The Morgan fingerprint density at radius 3 is 2.71 bits per heavy atom. The molecule has 0 aliphatic heterocycles. The molecular weight excluding hydrogens is 249 g/mol. The minimum absolute atomic E-state index is 0.00924. The number of hydrogen-bond donors (Lipinski definition) is 2. The molecule has 1 unspecified atom stereocenters. The van der Waals surface area contributed by atoms with Crippen LogP contribution in [-0.4, -0.2) is 23.0 Å². The predicted molar refractivity (Wildman–Crippen MR) is 60.6 cm³/mol. The van der Waals surface area contributed by atoms with Gasteiger partial charge >= 0.3 is 5.97 Å². The molecule has 0 saturated heterocycles. The highest BCUT2D eigenvalue weighted by atomic mass is 35.5. The second-order valence-electron chi connectivity index (χ2n) is 3.57. The van der Waals surface area contributed by atoms with Gasteiger partial charge in [-0.15, -0.1) is 0 Å². The first-order valence-corrected chi connectivity index (χ1v) is 5.26. The van der Waals surface area contributed by atoms with Crippen molar-refractivity contribution >= 4 is 23.5 Å². The maximum atomic E-state index is 13.4. The van der Waals surface area contributed by atoms with Crippen molar-refractivity contribution in [3.63, 3.8) is 0 Å². The largest absolute Gasteiger partial charge is 0.481 e. The highest BCUT2D eigenvalue weighted by Crippen LogP contribution is 2.18. The van der Waals surface area contributed by atoms with Crippen LogP contribution in [0.5, 0.6) is 0 Å². The lowest BCUT2D eigenvalue weighted by molar-refractivity contribution is -0.137. The van der Waals surface area contributed by atoms with Gasteiger partial charge in [0.25, 0.3) is 5.91 Å². The Morgan fingerprint density at radius 2 is 2.18 bits per heavy atom. The summed E-state index contributed by atoms with van der Waals surface area (Å²) in [4.78, 5) is 22.1. The van der Waals surface area contributed by atoms with Crippen LogP contribution < -0.4 is 5.32 Å². The summed E-state index contributed by atoms with van der Waals surface area (Å²) in [7, 11) is 0. The van der Waals surface area contributed by atoms with Gasteiger partial charge in [0.2, 0.25) is 0 Å². The van der Waals surface area contributed by atoms with Gasteiger partial charge in [-0.3, -0.25) is 9.59 Å². The van der Waals surface area contributed by atoms with E-state index in [4.69, 9.17) is 16.7 Å². The molecule has 1 atom stereocenters. The van der Waals surface area contributed by atoms with Crippen molar-refractivity contribution in [2.24, 2.45) is 0 Å². The fourth-order valence-corrected chi connectivity index (χ4v) is 1.57. The second kappa shape index (κ2) is 5.63. The van der Waals surface area contributed by atoms with Crippen LogP contribution in [0.1, 0.15) is 23.7 Å². The number of amides is 1. The number of carbonyl (C=O) groups is 2. The summed E-state index contributed by atoms with van der Waals surface area (Å²) in [6, 6.07) is 3.29. The number of aliphatic carboxylic acids is 1. The Labute approximate surface area is 102 Å². The Balaban J connectivity index is 2.80. The van der Waals surface area contributed by atoms with Crippen LogP contribution >= 0.6 is 11.6 Å². The summed E-state index contributed by atoms with van der Waals surface area (Å²) >= 11 is 5.70. The number of benzene rings is 1. The summed E-state index contributed by atoms with van der Waals surface area (Å²) in [5, 5.41) is 10.9. The lowest BCUT2D eigenvalue weighted by atomic mass is 10.1. The molecule has 1 aromatic carbocycles. The molecule has 0 aliphatic rings. The summed E-state index contributed by atoms with van der Waals surface area (Å²) in [5.74, 6) is -2.50. The molecular formula is C11H11ClFNO3. The molecule has 1 aromatic rings. The quantitative estimate of drug-likeness (QED) is 0.870. The first-order chi connectivity index (χ1) is 7.91. The molecule has 0 fully saturated rings. The molecule has 0 bridgehead atoms. The minimum atomic E-state index is -1.04. The number of nitrogens with one attached hydrogen (secondary N) is 1. The molecule has 1 rings (SSSR count). The van der Waals surface area contributed by atoms with Gasteiger partial charge in [-0.25, -0.2) is 4.39 Å². The molecule has 4 nitrogen and oxygen atoms in total. The number of carboxylic acids is 1. The second-order valence-corrected chi connectivity index (χ2v) is 3.98. The molecule has 0 spiro atoms. The fraction of sp³-hybridized carbons (Fsp3) is 0.273. The van der Waals surface area contributed by atoms with E-state index in [0.717, 1.165) is 6.07 Å². The van der Waals surface area contributed by atoms with Crippen LogP contribution in [0.3, 0.4) is 0 Å². The molecule has 0 aliphatic carbocycles. The van der Waals surface area contributed by atoms with Crippen LogP contribution in [0.4, 0.5) is 4.39 Å². The third-order valence-electron chi connectivity index (χ3n) is 2.05. The Bertz CT molecular complexity index is 430. The van der Waals surface area contributed by atoms with Gasteiger partial charge in [-0.2, -0.15) is 0 Å². The Morgan fingerprint density at radius 1 is 1.53 bits per heavy atom. The first kappa shape index (κ1) is 13.4. The smallest absolute Gasteiger partial charge is 0.305 e. The number of carboxylic acid groups (broad SMARTS) is 1. The summed E-state index contributed by atoms with van der Waals surface area (Å²) < 4.78 is 13.4. The maximum absolute atomic E-state index is 13.4. The topological polar surface area (TPSA) is 66.4 Å². The lowest BCUT2D eigenvalue weighted by Crippen LogP contribution is -2.34. The fourth-order valence-electron chi connectivity index (χ4n) is 1.32. The van der Waals surface area contributed by atoms with E-state index in [1.165, 1.54) is 19.1 Å². The molecule has 17 heavy (non-hydrogen) atoms. The molecule has 0 radical (unpaired) electrons. The van der Waals surface area contributed by atoms with Gasteiger partial charge in [0.05, 0.1) is 17.0 Å². The van der Waals surface area contributed by atoms with Crippen molar-refractivity contribution in [1.82, 2.24) is 5.32 Å². The van der Waals surface area contributed by atoms with Crippen LogP contribution in [0.2, 0.25) is 5.02 Å². The third kappa shape index (κ3) is 3.71. The summed E-state index contributed by atoms with van der Waals surface area (Å²) in [5.41, 5.74) is -0.272. The van der Waals surface area contributed by atoms with E-state index >= 15 is 0 Å². The number of rotatable bonds is 4. The summed E-state index contributed by atoms with van der Waals surface area (Å²) in [6.07, 6.45) is -0.238. The highest BCUT2D eigenvalue weighted by molar-refractivity contribution is 6.33. The van der Waals surface area contributed by atoms with Gasteiger partial charge in [-0.1, -0.05) is 17.7 Å². The Kier molecular flexibility index (Phi) is 4.45. The SMILES string of the molecule is CC(CC(=O)O)NC(=O)c1c(F)cccc1Cl. The van der Waals surface area contributed by atoms with Crippen LogP contribution in [0.25, 0.3) is 0 Å². The Hall–Kier alpha value is -1.62. The zero-order valence-corrected chi connectivity index (χ0v) is 9.79. The van der Waals surface area contributed by atoms with Crippen molar-refractivity contribution in [2.75, 3.05) is 0 Å². The molecule has 0 heterocycles. The van der Waals surface area contributed by atoms with Gasteiger partial charge in [0.15, 0.2) is 0 Å². The van der Waals surface area contributed by atoms with E-state index in [9.17, 15) is 14.0 Å². The molecule has 6 heteroatoms. The third-order valence-corrected chi connectivity index (χ3v) is 2.36. The molecule has 2 N–H and O–H groups in total. The summed E-state index contributed by atoms with van der Waals surface area (Å²) in [6.45, 7) is 1.51. The van der Waals surface area contributed by atoms with E-state index in [-0.39, 0.29) is 17.0 Å².